The van der Waals surface area contributed by atoms with Gasteiger partial charge in [-0.1, -0.05) is 30.3 Å². The summed E-state index contributed by atoms with van der Waals surface area (Å²) in [5.74, 6) is -1.42. The molecular formula is C24H21N3O5S2. The highest BCUT2D eigenvalue weighted by molar-refractivity contribution is 7.89. The fourth-order valence-electron chi connectivity index (χ4n) is 3.60. The minimum absolute atomic E-state index is 0.0179. The van der Waals surface area contributed by atoms with Crippen LogP contribution in [-0.4, -0.2) is 37.2 Å². The van der Waals surface area contributed by atoms with Crippen LogP contribution in [0.1, 0.15) is 34.0 Å². The Labute approximate surface area is 201 Å². The Balaban J connectivity index is 1.46. The van der Waals surface area contributed by atoms with Gasteiger partial charge in [0.2, 0.25) is 10.0 Å². The van der Waals surface area contributed by atoms with Crippen LogP contribution in [0.25, 0.3) is 0 Å². The average molecular weight is 496 g/mol. The van der Waals surface area contributed by atoms with Crippen LogP contribution in [0.3, 0.4) is 0 Å². The summed E-state index contributed by atoms with van der Waals surface area (Å²) in [6.07, 6.45) is -0.540. The van der Waals surface area contributed by atoms with Crippen LogP contribution in [-0.2, 0) is 32.5 Å². The molecule has 2 aromatic carbocycles. The van der Waals surface area contributed by atoms with Crippen molar-refractivity contribution in [1.29, 1.82) is 5.26 Å². The number of carbonyl (C=O) groups is 2. The van der Waals surface area contributed by atoms with E-state index in [0.29, 0.717) is 23.5 Å². The molecule has 0 saturated heterocycles. The molecule has 0 fully saturated rings. The summed E-state index contributed by atoms with van der Waals surface area (Å²) in [7, 11) is -3.83. The number of anilines is 1. The van der Waals surface area contributed by atoms with E-state index in [-0.39, 0.29) is 17.0 Å². The predicted molar refractivity (Wildman–Crippen MR) is 127 cm³/mol. The summed E-state index contributed by atoms with van der Waals surface area (Å²) in [6, 6.07) is 16.9. The maximum atomic E-state index is 13.2. The summed E-state index contributed by atoms with van der Waals surface area (Å²) in [4.78, 5) is 25.0. The predicted octanol–water partition coefficient (Wildman–Crippen LogP) is 3.55. The normalized spacial score (nSPS) is 14.5. The van der Waals surface area contributed by atoms with E-state index in [0.717, 1.165) is 11.1 Å². The Morgan fingerprint density at radius 1 is 1.15 bits per heavy atom. The van der Waals surface area contributed by atoms with Crippen molar-refractivity contribution in [3.63, 3.8) is 0 Å². The molecule has 3 aromatic rings. The Bertz CT molecular complexity index is 1390. The molecule has 34 heavy (non-hydrogen) atoms. The second-order valence-electron chi connectivity index (χ2n) is 7.70. The lowest BCUT2D eigenvalue weighted by Crippen LogP contribution is -2.36. The lowest BCUT2D eigenvalue weighted by atomic mass is 10.0. The Morgan fingerprint density at radius 3 is 2.68 bits per heavy atom. The highest BCUT2D eigenvalue weighted by Crippen LogP contribution is 2.26. The number of rotatable bonds is 6. The van der Waals surface area contributed by atoms with Gasteiger partial charge < -0.3 is 10.1 Å². The third kappa shape index (κ3) is 4.87. The first-order chi connectivity index (χ1) is 16.3. The molecular weight excluding hydrogens is 474 g/mol. The topological polar surface area (TPSA) is 117 Å². The molecule has 4 rings (SSSR count). The van der Waals surface area contributed by atoms with Gasteiger partial charge in [-0.2, -0.15) is 9.57 Å². The van der Waals surface area contributed by atoms with E-state index in [9.17, 15) is 18.0 Å². The molecule has 1 aliphatic heterocycles. The van der Waals surface area contributed by atoms with Crippen molar-refractivity contribution in [2.75, 3.05) is 11.9 Å². The van der Waals surface area contributed by atoms with Crippen molar-refractivity contribution in [3.05, 3.63) is 82.2 Å². The maximum absolute atomic E-state index is 13.2. The van der Waals surface area contributed by atoms with Gasteiger partial charge in [0.15, 0.2) is 6.10 Å². The van der Waals surface area contributed by atoms with Gasteiger partial charge in [0.05, 0.1) is 16.0 Å². The summed E-state index contributed by atoms with van der Waals surface area (Å²) in [5, 5.41) is 13.6. The molecule has 0 saturated carbocycles. The Kier molecular flexibility index (Phi) is 6.79. The zero-order valence-electron chi connectivity index (χ0n) is 18.2. The second-order valence-corrected chi connectivity index (χ2v) is 10.6. The van der Waals surface area contributed by atoms with Gasteiger partial charge in [-0.15, -0.1) is 11.3 Å². The van der Waals surface area contributed by atoms with E-state index in [1.165, 1.54) is 46.8 Å². The third-order valence-electron chi connectivity index (χ3n) is 5.48. The molecule has 1 unspecified atom stereocenters. The number of amides is 1. The molecule has 1 atom stereocenters. The summed E-state index contributed by atoms with van der Waals surface area (Å²) < 4.78 is 33.1. The number of thiophene rings is 1. The maximum Gasteiger partial charge on any atom is 0.338 e. The molecule has 174 valence electrons. The van der Waals surface area contributed by atoms with Gasteiger partial charge in [-0.25, -0.2) is 13.2 Å². The molecule has 0 aliphatic carbocycles. The van der Waals surface area contributed by atoms with E-state index in [4.69, 9.17) is 10.00 Å². The first-order valence-corrected chi connectivity index (χ1v) is 12.8. The molecule has 0 spiro atoms. The largest absolute Gasteiger partial charge is 0.449 e. The van der Waals surface area contributed by atoms with E-state index in [1.54, 1.807) is 11.4 Å². The number of ether oxygens (including phenoxy) is 1. The van der Waals surface area contributed by atoms with Crippen LogP contribution >= 0.6 is 11.3 Å². The van der Waals surface area contributed by atoms with Gasteiger partial charge in [0.25, 0.3) is 5.91 Å². The van der Waals surface area contributed by atoms with E-state index in [1.807, 2.05) is 30.3 Å². The molecule has 2 heterocycles. The number of esters is 1. The van der Waals surface area contributed by atoms with Crippen molar-refractivity contribution in [2.24, 2.45) is 0 Å². The van der Waals surface area contributed by atoms with Gasteiger partial charge in [0.1, 0.15) is 11.1 Å². The first-order valence-electron chi connectivity index (χ1n) is 10.5. The van der Waals surface area contributed by atoms with Gasteiger partial charge >= 0.3 is 5.97 Å². The Morgan fingerprint density at radius 2 is 1.91 bits per heavy atom. The first kappa shape index (κ1) is 23.6. The highest BCUT2D eigenvalue weighted by atomic mass is 32.2. The molecule has 10 heteroatoms. The van der Waals surface area contributed by atoms with Crippen molar-refractivity contribution < 1.29 is 22.7 Å². The number of hydrogen-bond acceptors (Lipinski definition) is 7. The summed E-state index contributed by atoms with van der Waals surface area (Å²) in [5.41, 5.74) is 2.42. The van der Waals surface area contributed by atoms with Crippen molar-refractivity contribution >= 4 is 38.2 Å². The number of nitriles is 1. The van der Waals surface area contributed by atoms with Crippen molar-refractivity contribution in [2.45, 2.75) is 30.9 Å². The quantitative estimate of drug-likeness (QED) is 0.523. The van der Waals surface area contributed by atoms with E-state index in [2.05, 4.69) is 5.32 Å². The van der Waals surface area contributed by atoms with Crippen molar-refractivity contribution in [3.8, 4) is 6.07 Å². The smallest absolute Gasteiger partial charge is 0.338 e. The fourth-order valence-corrected chi connectivity index (χ4v) is 5.80. The number of hydrogen-bond donors (Lipinski definition) is 1. The van der Waals surface area contributed by atoms with Crippen LogP contribution in [0.4, 0.5) is 5.00 Å². The second kappa shape index (κ2) is 9.77. The Hall–Kier alpha value is -3.52. The SMILES string of the molecule is CC(OC(=O)c1cccc(S(=O)(=O)N2CCc3ccccc3C2)c1)C(=O)Nc1sccc1C#N. The van der Waals surface area contributed by atoms with E-state index >= 15 is 0 Å². The van der Waals surface area contributed by atoms with Crippen molar-refractivity contribution in [1.82, 2.24) is 4.31 Å². The zero-order valence-corrected chi connectivity index (χ0v) is 19.9. The van der Waals surface area contributed by atoms with Gasteiger partial charge in [-0.05, 0) is 54.1 Å². The number of carbonyl (C=O) groups excluding carboxylic acids is 2. The monoisotopic (exact) mass is 495 g/mol. The fraction of sp³-hybridized carbons (Fsp3) is 0.208. The molecule has 0 bridgehead atoms. The number of nitrogens with zero attached hydrogens (tertiary/aromatic N) is 2. The molecule has 1 amide bonds. The summed E-state index contributed by atoms with van der Waals surface area (Å²) >= 11 is 1.18. The van der Waals surface area contributed by atoms with Crippen LogP contribution in [0, 0.1) is 11.3 Å². The third-order valence-corrected chi connectivity index (χ3v) is 8.15. The zero-order chi connectivity index (χ0) is 24.3. The standard InChI is InChI=1S/C24H21N3O5S2/c1-16(22(28)26-23-19(14-25)10-12-33-23)32-24(29)18-7-4-8-21(13-18)34(30,31)27-11-9-17-5-2-3-6-20(17)15-27/h2-8,10,12-13,16H,9,11,15H2,1H3,(H,26,28). The van der Waals surface area contributed by atoms with Crippen LogP contribution in [0.2, 0.25) is 0 Å². The molecule has 1 N–H and O–H groups in total. The number of sulfonamides is 1. The molecule has 8 nitrogen and oxygen atoms in total. The van der Waals surface area contributed by atoms with Crippen LogP contribution in [0.5, 0.6) is 0 Å². The molecule has 1 aliphatic rings. The molecule has 0 radical (unpaired) electrons. The average Bonchev–Trinajstić information content (AvgIpc) is 3.30. The number of fused-ring (bicyclic) bond motifs is 1. The highest BCUT2D eigenvalue weighted by Gasteiger charge is 2.29. The molecule has 1 aromatic heterocycles. The summed E-state index contributed by atoms with van der Waals surface area (Å²) in [6.45, 7) is 2.01. The van der Waals surface area contributed by atoms with E-state index < -0.39 is 28.0 Å². The minimum Gasteiger partial charge on any atom is -0.449 e. The minimum atomic E-state index is -3.83. The number of benzene rings is 2. The van der Waals surface area contributed by atoms with Crippen LogP contribution < -0.4 is 5.32 Å². The van der Waals surface area contributed by atoms with Gasteiger partial charge in [0, 0.05) is 13.1 Å². The number of nitrogens with one attached hydrogen (secondary N) is 1. The lowest BCUT2D eigenvalue weighted by molar-refractivity contribution is -0.123. The van der Waals surface area contributed by atoms with Crippen LogP contribution in [0.15, 0.2) is 64.9 Å². The van der Waals surface area contributed by atoms with Gasteiger partial charge in [-0.3, -0.25) is 4.79 Å². The lowest BCUT2D eigenvalue weighted by Gasteiger charge is -2.28.